The van der Waals surface area contributed by atoms with E-state index in [2.05, 4.69) is 6.58 Å². The van der Waals surface area contributed by atoms with Crippen LogP contribution in [0, 0.1) is 11.8 Å². The van der Waals surface area contributed by atoms with E-state index in [0.29, 0.717) is 5.57 Å². The van der Waals surface area contributed by atoms with E-state index in [1.807, 2.05) is 0 Å². The SMILES string of the molecule is C=C(C)CN1C(=O)[C@@H]2[C@H](C1=O)[C@@]1(Cl)C(Cl)=C(Cl)[C@@]2(Cl)C1(Cl)Cl. The number of halogens is 6. The lowest BCUT2D eigenvalue weighted by atomic mass is 9.84. The maximum Gasteiger partial charge on any atom is 0.235 e. The molecule has 1 saturated carbocycles. The smallest absolute Gasteiger partial charge is 0.235 e. The predicted octanol–water partition coefficient (Wildman–Crippen LogP) is 4.01. The number of fused-ring (bicyclic) bond motifs is 5. The monoisotopic (exact) mass is 421 g/mol. The summed E-state index contributed by atoms with van der Waals surface area (Å²) in [4.78, 5) is 23.0. The van der Waals surface area contributed by atoms with Crippen LogP contribution in [0.25, 0.3) is 0 Å². The quantitative estimate of drug-likeness (QED) is 0.382. The molecule has 2 aliphatic carbocycles. The zero-order valence-corrected chi connectivity index (χ0v) is 15.6. The van der Waals surface area contributed by atoms with Gasteiger partial charge in [-0.25, -0.2) is 0 Å². The maximum absolute atomic E-state index is 12.7. The fourth-order valence-corrected chi connectivity index (χ4v) is 6.41. The molecular formula is C13H9Cl6NO2. The molecule has 3 nitrogen and oxygen atoms in total. The van der Waals surface area contributed by atoms with E-state index in [1.54, 1.807) is 6.92 Å². The van der Waals surface area contributed by atoms with Gasteiger partial charge in [-0.05, 0) is 6.92 Å². The van der Waals surface area contributed by atoms with E-state index in [4.69, 9.17) is 69.6 Å². The first-order valence-corrected chi connectivity index (χ1v) is 8.52. The number of carbonyl (C=O) groups is 2. The van der Waals surface area contributed by atoms with Crippen molar-refractivity contribution >= 4 is 81.4 Å². The Morgan fingerprint density at radius 3 is 1.73 bits per heavy atom. The Morgan fingerprint density at radius 2 is 1.41 bits per heavy atom. The first-order valence-electron chi connectivity index (χ1n) is 6.25. The topological polar surface area (TPSA) is 37.4 Å². The highest BCUT2D eigenvalue weighted by molar-refractivity contribution is 6.66. The number of hydrogen-bond acceptors (Lipinski definition) is 2. The van der Waals surface area contributed by atoms with Crippen LogP contribution in [-0.2, 0) is 9.59 Å². The number of alkyl halides is 4. The molecule has 9 heteroatoms. The van der Waals surface area contributed by atoms with E-state index in [1.165, 1.54) is 0 Å². The van der Waals surface area contributed by atoms with Crippen LogP contribution in [-0.4, -0.2) is 37.3 Å². The van der Waals surface area contributed by atoms with Gasteiger partial charge in [0.1, 0.15) is 9.75 Å². The van der Waals surface area contributed by atoms with Crippen LogP contribution in [0.2, 0.25) is 0 Å². The van der Waals surface area contributed by atoms with Crippen molar-refractivity contribution in [3.8, 4) is 0 Å². The fraction of sp³-hybridized carbons (Fsp3) is 0.538. The van der Waals surface area contributed by atoms with Crippen molar-refractivity contribution in [3.63, 3.8) is 0 Å². The minimum Gasteiger partial charge on any atom is -0.278 e. The highest BCUT2D eigenvalue weighted by Crippen LogP contribution is 2.77. The van der Waals surface area contributed by atoms with Crippen molar-refractivity contribution < 1.29 is 9.59 Å². The van der Waals surface area contributed by atoms with Gasteiger partial charge in [0.05, 0.1) is 21.9 Å². The van der Waals surface area contributed by atoms with Gasteiger partial charge in [-0.2, -0.15) is 0 Å². The molecule has 22 heavy (non-hydrogen) atoms. The highest BCUT2D eigenvalue weighted by Gasteiger charge is 2.87. The molecular weight excluding hydrogens is 415 g/mol. The molecule has 0 aromatic heterocycles. The normalized spacial score (nSPS) is 42.4. The number of nitrogens with zero attached hydrogens (tertiary/aromatic N) is 1. The zero-order chi connectivity index (χ0) is 16.8. The van der Waals surface area contributed by atoms with Crippen LogP contribution in [0.15, 0.2) is 22.2 Å². The van der Waals surface area contributed by atoms with Crippen LogP contribution in [0.1, 0.15) is 6.92 Å². The summed E-state index contributed by atoms with van der Waals surface area (Å²) in [5.74, 6) is -3.18. The van der Waals surface area contributed by atoms with Gasteiger partial charge >= 0.3 is 0 Å². The average molecular weight is 424 g/mol. The predicted molar refractivity (Wildman–Crippen MR) is 88.9 cm³/mol. The summed E-state index contributed by atoms with van der Waals surface area (Å²) in [6, 6.07) is 0. The minimum atomic E-state index is -1.88. The Kier molecular flexibility index (Phi) is 3.68. The summed E-state index contributed by atoms with van der Waals surface area (Å²) in [7, 11) is 0. The van der Waals surface area contributed by atoms with Crippen molar-refractivity contribution in [2.24, 2.45) is 11.8 Å². The maximum atomic E-state index is 12.7. The summed E-state index contributed by atoms with van der Waals surface area (Å²) in [5.41, 5.74) is 0.634. The van der Waals surface area contributed by atoms with E-state index in [0.717, 1.165) is 4.90 Å². The number of allylic oxidation sites excluding steroid dienone is 2. The molecule has 1 heterocycles. The zero-order valence-electron chi connectivity index (χ0n) is 11.1. The molecule has 120 valence electrons. The van der Waals surface area contributed by atoms with Crippen LogP contribution in [0.4, 0.5) is 0 Å². The number of hydrogen-bond donors (Lipinski definition) is 0. The second-order valence-electron chi connectivity index (χ2n) is 5.80. The van der Waals surface area contributed by atoms with Gasteiger partial charge in [0, 0.05) is 6.54 Å². The lowest BCUT2D eigenvalue weighted by Gasteiger charge is -2.34. The van der Waals surface area contributed by atoms with Crippen molar-refractivity contribution in [2.75, 3.05) is 6.54 Å². The third-order valence-electron chi connectivity index (χ3n) is 4.43. The molecule has 2 amide bonds. The van der Waals surface area contributed by atoms with E-state index in [-0.39, 0.29) is 16.6 Å². The van der Waals surface area contributed by atoms with Gasteiger partial charge in [-0.15, -0.1) is 23.2 Å². The summed E-state index contributed by atoms with van der Waals surface area (Å²) in [5, 5.41) is -0.175. The second-order valence-corrected chi connectivity index (χ2v) is 9.08. The molecule has 3 rings (SSSR count). The van der Waals surface area contributed by atoms with E-state index in [9.17, 15) is 9.59 Å². The number of imide groups is 1. The number of carbonyl (C=O) groups excluding carboxylic acids is 2. The average Bonchev–Trinajstić information content (AvgIpc) is 2.78. The van der Waals surface area contributed by atoms with Gasteiger partial charge < -0.3 is 0 Å². The molecule has 0 aromatic rings. The molecule has 0 radical (unpaired) electrons. The van der Waals surface area contributed by atoms with Crippen LogP contribution < -0.4 is 0 Å². The number of rotatable bonds is 2. The third kappa shape index (κ3) is 1.54. The third-order valence-corrected chi connectivity index (χ3v) is 8.69. The Bertz CT molecular complexity index is 627. The first-order chi connectivity index (χ1) is 9.94. The Balaban J connectivity index is 2.21. The van der Waals surface area contributed by atoms with Crippen molar-refractivity contribution in [3.05, 3.63) is 22.2 Å². The van der Waals surface area contributed by atoms with Crippen molar-refractivity contribution in [1.82, 2.24) is 4.90 Å². The molecule has 1 saturated heterocycles. The molecule has 0 aromatic carbocycles. The second kappa shape index (κ2) is 4.71. The fourth-order valence-electron chi connectivity index (χ4n) is 3.48. The first kappa shape index (κ1) is 17.2. The Morgan fingerprint density at radius 1 is 1.05 bits per heavy atom. The lowest BCUT2D eigenvalue weighted by molar-refractivity contribution is -0.140. The van der Waals surface area contributed by atoms with Gasteiger partial charge in [0.2, 0.25) is 11.8 Å². The Hall–Kier alpha value is 0.360. The standard InChI is InChI=1S/C13H9Cl6NO2/c1-4(2)3-20-9(21)5-6(10(20)22)12(17)8(15)7(14)11(5,16)13(12,18)19/h5-6H,1,3H2,2H3/t5-,6+,11-,12-/m1/s1. The van der Waals surface area contributed by atoms with E-state index < -0.39 is 37.7 Å². The minimum absolute atomic E-state index is 0.0669. The summed E-state index contributed by atoms with van der Waals surface area (Å²) < 4.78 is -1.88. The number of amides is 2. The molecule has 2 bridgehead atoms. The Labute approximate surface area is 157 Å². The molecule has 0 spiro atoms. The van der Waals surface area contributed by atoms with E-state index >= 15 is 0 Å². The molecule has 3 aliphatic rings. The molecule has 0 N–H and O–H groups in total. The van der Waals surface area contributed by atoms with Gasteiger partial charge in [0.25, 0.3) is 0 Å². The highest BCUT2D eigenvalue weighted by atomic mass is 35.5. The molecule has 0 unspecified atom stereocenters. The van der Waals surface area contributed by atoms with Crippen molar-refractivity contribution in [2.45, 2.75) is 21.0 Å². The summed E-state index contributed by atoms with van der Waals surface area (Å²) in [6.07, 6.45) is 0. The van der Waals surface area contributed by atoms with Gasteiger partial charge in [0.15, 0.2) is 4.33 Å². The number of likely N-dealkylation sites (tertiary alicyclic amines) is 1. The molecule has 4 atom stereocenters. The van der Waals surface area contributed by atoms with Crippen LogP contribution in [0.5, 0.6) is 0 Å². The van der Waals surface area contributed by atoms with Crippen LogP contribution >= 0.6 is 69.6 Å². The van der Waals surface area contributed by atoms with Gasteiger partial charge in [-0.1, -0.05) is 58.6 Å². The lowest BCUT2D eigenvalue weighted by Crippen LogP contribution is -2.50. The molecule has 2 fully saturated rings. The van der Waals surface area contributed by atoms with Gasteiger partial charge in [-0.3, -0.25) is 14.5 Å². The molecule has 1 aliphatic heterocycles. The van der Waals surface area contributed by atoms with Crippen LogP contribution in [0.3, 0.4) is 0 Å². The van der Waals surface area contributed by atoms with Crippen molar-refractivity contribution in [1.29, 1.82) is 0 Å². The largest absolute Gasteiger partial charge is 0.278 e. The summed E-state index contributed by atoms with van der Waals surface area (Å²) >= 11 is 38.1. The summed E-state index contributed by atoms with van der Waals surface area (Å²) in [6.45, 7) is 5.46.